The Hall–Kier alpha value is 0. The third kappa shape index (κ3) is 0.352. The van der Waals surface area contributed by atoms with E-state index >= 15 is 0 Å². The van der Waals surface area contributed by atoms with Crippen LogP contribution in [0, 0.1) is 40.9 Å². The minimum Gasteiger partial charge on any atom is -0.0499 e. The van der Waals surface area contributed by atoms with E-state index in [0.717, 1.165) is 5.41 Å². The predicted molar refractivity (Wildman–Crippen MR) is 46.5 cm³/mol. The second kappa shape index (κ2) is 1.31. The highest BCUT2D eigenvalue weighted by molar-refractivity contribution is 5.35. The van der Waals surface area contributed by atoms with Crippen molar-refractivity contribution in [3.8, 4) is 0 Å². The molecule has 5 rings (SSSR count). The summed E-state index contributed by atoms with van der Waals surface area (Å²) in [4.78, 5) is 0. The van der Waals surface area contributed by atoms with Crippen LogP contribution >= 0.6 is 0 Å². The molecule has 0 aromatic carbocycles. The molecule has 0 saturated heterocycles. The Kier molecular flexibility index (Phi) is 0.618. The summed E-state index contributed by atoms with van der Waals surface area (Å²) in [5.74, 6) is 7.52. The summed E-state index contributed by atoms with van der Waals surface area (Å²) in [6.45, 7) is 0. The van der Waals surface area contributed by atoms with Crippen molar-refractivity contribution in [1.29, 1.82) is 0 Å². The molecule has 0 radical (unpaired) electrons. The first-order valence-electron chi connectivity index (χ1n) is 5.91. The molecular formula is C12H16. The SMILES string of the molecule is C1CC2CC34C5CC5C3C4CC12. The van der Waals surface area contributed by atoms with Crippen molar-refractivity contribution in [2.75, 3.05) is 0 Å². The molecule has 1 spiro atoms. The number of hydrogen-bond donors (Lipinski definition) is 0. The molecule has 0 aromatic rings. The van der Waals surface area contributed by atoms with Crippen molar-refractivity contribution in [2.45, 2.75) is 32.1 Å². The van der Waals surface area contributed by atoms with Crippen LogP contribution in [0.1, 0.15) is 32.1 Å². The molecule has 0 amide bonds. The van der Waals surface area contributed by atoms with E-state index < -0.39 is 0 Å². The van der Waals surface area contributed by atoms with Gasteiger partial charge in [0.15, 0.2) is 0 Å². The van der Waals surface area contributed by atoms with Crippen LogP contribution in [0.25, 0.3) is 0 Å². The van der Waals surface area contributed by atoms with Crippen LogP contribution in [0.3, 0.4) is 0 Å². The summed E-state index contributed by atoms with van der Waals surface area (Å²) in [6.07, 6.45) is 8.21. The first kappa shape index (κ1) is 5.67. The van der Waals surface area contributed by atoms with Crippen LogP contribution in [0.2, 0.25) is 0 Å². The van der Waals surface area contributed by atoms with E-state index in [2.05, 4.69) is 0 Å². The molecule has 0 nitrogen and oxygen atoms in total. The van der Waals surface area contributed by atoms with Gasteiger partial charge < -0.3 is 0 Å². The molecule has 7 unspecified atom stereocenters. The first-order chi connectivity index (χ1) is 5.91. The summed E-state index contributed by atoms with van der Waals surface area (Å²) in [6, 6.07) is 0. The molecule has 0 aromatic heterocycles. The predicted octanol–water partition coefficient (Wildman–Crippen LogP) is 2.69. The van der Waals surface area contributed by atoms with Gasteiger partial charge in [0, 0.05) is 0 Å². The van der Waals surface area contributed by atoms with Crippen LogP contribution in [-0.4, -0.2) is 0 Å². The standard InChI is InChI=1S/C12H16/c1-2-7-5-12-9-4-8(9)11(12)10(12)3-6(1)7/h6-11H,1-5H2. The molecule has 7 atom stereocenters. The van der Waals surface area contributed by atoms with E-state index in [1.54, 1.807) is 32.1 Å². The fourth-order valence-corrected chi connectivity index (χ4v) is 5.71. The monoisotopic (exact) mass is 160 g/mol. The highest BCUT2D eigenvalue weighted by Gasteiger charge is 2.87. The minimum absolute atomic E-state index is 1.02. The molecule has 0 bridgehead atoms. The molecule has 5 aliphatic carbocycles. The fraction of sp³-hybridized carbons (Fsp3) is 1.00. The zero-order valence-corrected chi connectivity index (χ0v) is 7.50. The van der Waals surface area contributed by atoms with Gasteiger partial charge in [-0.3, -0.25) is 0 Å². The lowest BCUT2D eigenvalue weighted by atomic mass is 9.61. The smallest absolute Gasteiger partial charge is 0.0198 e. The Morgan fingerprint density at radius 1 is 0.917 bits per heavy atom. The highest BCUT2D eigenvalue weighted by Crippen LogP contribution is 2.93. The summed E-state index contributed by atoms with van der Waals surface area (Å²) >= 11 is 0. The zero-order chi connectivity index (χ0) is 7.50. The van der Waals surface area contributed by atoms with E-state index in [9.17, 15) is 0 Å². The van der Waals surface area contributed by atoms with Gasteiger partial charge in [-0.25, -0.2) is 0 Å². The number of fused-ring (bicyclic) bond motifs is 4. The number of rotatable bonds is 0. The lowest BCUT2D eigenvalue weighted by Crippen LogP contribution is -2.36. The average Bonchev–Trinajstić information content (AvgIpc) is 2.80. The van der Waals surface area contributed by atoms with Crippen LogP contribution in [0.15, 0.2) is 0 Å². The van der Waals surface area contributed by atoms with Gasteiger partial charge in [0.1, 0.15) is 0 Å². The van der Waals surface area contributed by atoms with E-state index in [-0.39, 0.29) is 0 Å². The van der Waals surface area contributed by atoms with Gasteiger partial charge in [-0.1, -0.05) is 0 Å². The van der Waals surface area contributed by atoms with Gasteiger partial charge in [-0.05, 0) is 73.0 Å². The van der Waals surface area contributed by atoms with Gasteiger partial charge in [-0.15, -0.1) is 0 Å². The molecule has 5 aliphatic rings. The Morgan fingerprint density at radius 2 is 1.83 bits per heavy atom. The Balaban J connectivity index is 1.57. The van der Waals surface area contributed by atoms with Crippen LogP contribution in [0.4, 0.5) is 0 Å². The summed E-state index contributed by atoms with van der Waals surface area (Å²) in [7, 11) is 0. The topological polar surface area (TPSA) is 0 Å². The molecule has 0 N–H and O–H groups in total. The molecule has 12 heavy (non-hydrogen) atoms. The third-order valence-electron chi connectivity index (χ3n) is 6.37. The van der Waals surface area contributed by atoms with Crippen LogP contribution in [0.5, 0.6) is 0 Å². The van der Waals surface area contributed by atoms with Crippen molar-refractivity contribution < 1.29 is 0 Å². The van der Waals surface area contributed by atoms with Gasteiger partial charge in [0.05, 0.1) is 0 Å². The average molecular weight is 160 g/mol. The molecular weight excluding hydrogens is 144 g/mol. The van der Waals surface area contributed by atoms with Crippen molar-refractivity contribution >= 4 is 0 Å². The van der Waals surface area contributed by atoms with Gasteiger partial charge in [0.25, 0.3) is 0 Å². The van der Waals surface area contributed by atoms with Gasteiger partial charge >= 0.3 is 0 Å². The van der Waals surface area contributed by atoms with Crippen LogP contribution in [-0.2, 0) is 0 Å². The normalized spacial score (nSPS) is 80.0. The van der Waals surface area contributed by atoms with E-state index in [0.29, 0.717) is 0 Å². The minimum atomic E-state index is 1.02. The van der Waals surface area contributed by atoms with Crippen molar-refractivity contribution in [2.24, 2.45) is 40.9 Å². The maximum atomic E-state index is 1.69. The first-order valence-corrected chi connectivity index (χ1v) is 5.91. The summed E-state index contributed by atoms with van der Waals surface area (Å²) in [5, 5.41) is 0. The van der Waals surface area contributed by atoms with Crippen molar-refractivity contribution in [3.05, 3.63) is 0 Å². The molecule has 0 heterocycles. The molecule has 64 valence electrons. The zero-order valence-electron chi connectivity index (χ0n) is 7.50. The molecule has 0 heteroatoms. The highest BCUT2D eigenvalue weighted by atomic mass is 14.9. The molecule has 0 aliphatic heterocycles. The summed E-state index contributed by atoms with van der Waals surface area (Å²) in [5.41, 5.74) is 1.02. The Bertz CT molecular complexity index is 282. The van der Waals surface area contributed by atoms with E-state index in [4.69, 9.17) is 0 Å². The molecule has 5 fully saturated rings. The third-order valence-corrected chi connectivity index (χ3v) is 6.37. The van der Waals surface area contributed by atoms with Gasteiger partial charge in [-0.2, -0.15) is 0 Å². The lowest BCUT2D eigenvalue weighted by molar-refractivity contribution is 0.0524. The Morgan fingerprint density at radius 3 is 2.67 bits per heavy atom. The second-order valence-corrected chi connectivity index (χ2v) is 6.29. The van der Waals surface area contributed by atoms with E-state index in [1.165, 1.54) is 35.5 Å². The van der Waals surface area contributed by atoms with Crippen LogP contribution < -0.4 is 0 Å². The second-order valence-electron chi connectivity index (χ2n) is 6.29. The number of hydrogen-bond acceptors (Lipinski definition) is 0. The lowest BCUT2D eigenvalue weighted by Gasteiger charge is -2.44. The van der Waals surface area contributed by atoms with Crippen molar-refractivity contribution in [1.82, 2.24) is 0 Å². The summed E-state index contributed by atoms with van der Waals surface area (Å²) < 4.78 is 0. The Labute approximate surface area is 73.7 Å². The maximum Gasteiger partial charge on any atom is -0.0198 e. The van der Waals surface area contributed by atoms with Gasteiger partial charge in [0.2, 0.25) is 0 Å². The van der Waals surface area contributed by atoms with Crippen molar-refractivity contribution in [3.63, 3.8) is 0 Å². The maximum absolute atomic E-state index is 1.69. The molecule has 5 saturated carbocycles. The van der Waals surface area contributed by atoms with E-state index in [1.807, 2.05) is 0 Å². The fourth-order valence-electron chi connectivity index (χ4n) is 5.71. The quantitative estimate of drug-likeness (QED) is 0.511. The largest absolute Gasteiger partial charge is 0.0499 e.